The number of rotatable bonds is 1. The Bertz CT molecular complexity index is 605. The molecule has 2 atom stereocenters. The van der Waals surface area contributed by atoms with Gasteiger partial charge in [-0.2, -0.15) is 0 Å². The van der Waals surface area contributed by atoms with Crippen LogP contribution in [0.4, 0.5) is 5.69 Å². The molecule has 19 heavy (non-hydrogen) atoms. The van der Waals surface area contributed by atoms with Crippen LogP contribution in [0.3, 0.4) is 0 Å². The van der Waals surface area contributed by atoms with E-state index in [9.17, 15) is 14.4 Å². The lowest BCUT2D eigenvalue weighted by Gasteiger charge is -2.41. The highest BCUT2D eigenvalue weighted by Gasteiger charge is 2.45. The molecule has 0 bridgehead atoms. The van der Waals surface area contributed by atoms with E-state index in [0.29, 0.717) is 5.56 Å². The van der Waals surface area contributed by atoms with Gasteiger partial charge in [0.25, 0.3) is 0 Å². The van der Waals surface area contributed by atoms with Crippen molar-refractivity contribution in [2.45, 2.75) is 32.7 Å². The first-order chi connectivity index (χ1) is 9.02. The van der Waals surface area contributed by atoms with E-state index in [1.807, 2.05) is 19.1 Å². The maximum absolute atomic E-state index is 12.5. The van der Waals surface area contributed by atoms with E-state index >= 15 is 0 Å². The third-order valence-electron chi connectivity index (χ3n) is 4.05. The molecule has 2 unspecified atom stereocenters. The number of carbonyl (C=O) groups excluding carboxylic acids is 3. The van der Waals surface area contributed by atoms with Gasteiger partial charge in [0.1, 0.15) is 5.78 Å². The zero-order valence-corrected chi connectivity index (χ0v) is 11.0. The molecular weight excluding hydrogens is 242 g/mol. The average molecular weight is 257 g/mol. The molecule has 1 aromatic rings. The minimum absolute atomic E-state index is 0.0381. The summed E-state index contributed by atoms with van der Waals surface area (Å²) in [7, 11) is 0. The van der Waals surface area contributed by atoms with Crippen LogP contribution in [0.1, 0.15) is 36.2 Å². The van der Waals surface area contributed by atoms with Crippen molar-refractivity contribution >= 4 is 23.2 Å². The highest BCUT2D eigenvalue weighted by atomic mass is 16.2. The van der Waals surface area contributed by atoms with Crippen LogP contribution in [0.15, 0.2) is 18.2 Å². The Balaban J connectivity index is 2.26. The third-order valence-corrected chi connectivity index (χ3v) is 4.05. The molecule has 2 heterocycles. The Kier molecular flexibility index (Phi) is 2.55. The Labute approximate surface area is 111 Å². The lowest BCUT2D eigenvalue weighted by atomic mass is 9.82. The monoisotopic (exact) mass is 257 g/mol. The van der Waals surface area contributed by atoms with Crippen LogP contribution in [0, 0.1) is 5.92 Å². The summed E-state index contributed by atoms with van der Waals surface area (Å²) in [5.74, 6) is -2.23. The van der Waals surface area contributed by atoms with Gasteiger partial charge < -0.3 is 4.90 Å². The number of hydrogen-bond donors (Lipinski definition) is 0. The molecule has 0 N–H and O–H groups in total. The first-order valence-corrected chi connectivity index (χ1v) is 6.52. The van der Waals surface area contributed by atoms with Gasteiger partial charge in [-0.1, -0.05) is 12.1 Å². The minimum Gasteiger partial charge on any atom is -0.308 e. The van der Waals surface area contributed by atoms with Crippen LogP contribution < -0.4 is 4.90 Å². The highest BCUT2D eigenvalue weighted by molar-refractivity contribution is 6.31. The van der Waals surface area contributed by atoms with Crippen molar-refractivity contribution in [1.29, 1.82) is 0 Å². The molecule has 0 saturated carbocycles. The lowest BCUT2D eigenvalue weighted by Crippen LogP contribution is -2.52. The molecule has 0 saturated heterocycles. The van der Waals surface area contributed by atoms with Crippen LogP contribution in [-0.2, 0) is 16.0 Å². The van der Waals surface area contributed by atoms with Gasteiger partial charge in [0.05, 0.1) is 5.69 Å². The second-order valence-corrected chi connectivity index (χ2v) is 5.32. The first-order valence-electron chi connectivity index (χ1n) is 6.52. The molecule has 2 aliphatic heterocycles. The van der Waals surface area contributed by atoms with E-state index < -0.39 is 5.92 Å². The molecule has 0 aromatic heterocycles. The predicted octanol–water partition coefficient (Wildman–Crippen LogP) is 1.76. The number of hydrogen-bond acceptors (Lipinski definition) is 3. The van der Waals surface area contributed by atoms with Crippen LogP contribution in [-0.4, -0.2) is 23.5 Å². The van der Waals surface area contributed by atoms with Crippen molar-refractivity contribution in [2.75, 3.05) is 4.90 Å². The van der Waals surface area contributed by atoms with Gasteiger partial charge in [-0.25, -0.2) is 0 Å². The van der Waals surface area contributed by atoms with Crippen molar-refractivity contribution in [2.24, 2.45) is 5.92 Å². The van der Waals surface area contributed by atoms with Crippen LogP contribution >= 0.6 is 0 Å². The zero-order valence-electron chi connectivity index (χ0n) is 11.0. The largest absolute Gasteiger partial charge is 0.308 e. The fourth-order valence-electron chi connectivity index (χ4n) is 3.08. The predicted molar refractivity (Wildman–Crippen MR) is 70.2 cm³/mol. The van der Waals surface area contributed by atoms with Crippen LogP contribution in [0.5, 0.6) is 0 Å². The summed E-state index contributed by atoms with van der Waals surface area (Å²) < 4.78 is 0. The Morgan fingerprint density at radius 1 is 1.32 bits per heavy atom. The van der Waals surface area contributed by atoms with Crippen molar-refractivity contribution in [3.8, 4) is 0 Å². The summed E-state index contributed by atoms with van der Waals surface area (Å²) in [4.78, 5) is 38.1. The first kappa shape index (κ1) is 12.1. The maximum Gasteiger partial charge on any atom is 0.245 e. The molecule has 0 radical (unpaired) electrons. The number of benzene rings is 1. The van der Waals surface area contributed by atoms with E-state index in [0.717, 1.165) is 24.1 Å². The molecule has 0 fully saturated rings. The lowest BCUT2D eigenvalue weighted by molar-refractivity contribution is -0.129. The van der Waals surface area contributed by atoms with Gasteiger partial charge in [-0.3, -0.25) is 14.4 Å². The molecule has 1 aromatic carbocycles. The highest BCUT2D eigenvalue weighted by Crippen LogP contribution is 2.39. The summed E-state index contributed by atoms with van der Waals surface area (Å²) in [6, 6.07) is 5.53. The molecule has 0 spiro atoms. The van der Waals surface area contributed by atoms with Crippen molar-refractivity contribution < 1.29 is 14.4 Å². The summed E-state index contributed by atoms with van der Waals surface area (Å²) >= 11 is 0. The molecule has 1 amide bonds. The van der Waals surface area contributed by atoms with E-state index in [-0.39, 0.29) is 23.5 Å². The quantitative estimate of drug-likeness (QED) is 0.720. The topological polar surface area (TPSA) is 54.5 Å². The number of carbonyl (C=O) groups is 3. The van der Waals surface area contributed by atoms with E-state index in [1.165, 1.54) is 6.92 Å². The molecule has 0 aliphatic carbocycles. The van der Waals surface area contributed by atoms with E-state index in [2.05, 4.69) is 0 Å². The summed E-state index contributed by atoms with van der Waals surface area (Å²) in [5, 5.41) is 0. The van der Waals surface area contributed by atoms with Crippen molar-refractivity contribution in [3.05, 3.63) is 29.3 Å². The van der Waals surface area contributed by atoms with Gasteiger partial charge in [0, 0.05) is 11.6 Å². The normalized spacial score (nSPS) is 25.3. The van der Waals surface area contributed by atoms with Crippen LogP contribution in [0.25, 0.3) is 0 Å². The third kappa shape index (κ3) is 1.56. The standard InChI is InChI=1S/C15H15NO3/c1-8-6-7-10-4-3-5-11-13(10)16(8)15(19)12(9(2)17)14(11)18/h3-5,8,12H,6-7H2,1-2H3. The number of amides is 1. The van der Waals surface area contributed by atoms with Crippen molar-refractivity contribution in [1.82, 2.24) is 0 Å². The zero-order chi connectivity index (χ0) is 13.7. The second-order valence-electron chi connectivity index (χ2n) is 5.32. The number of aryl methyl sites for hydroxylation is 1. The van der Waals surface area contributed by atoms with Gasteiger partial charge >= 0.3 is 0 Å². The molecule has 2 aliphatic rings. The van der Waals surface area contributed by atoms with Gasteiger partial charge in [0.15, 0.2) is 11.7 Å². The van der Waals surface area contributed by atoms with Crippen LogP contribution in [0.2, 0.25) is 0 Å². The van der Waals surface area contributed by atoms with Gasteiger partial charge in [0.2, 0.25) is 5.91 Å². The smallest absolute Gasteiger partial charge is 0.245 e. The van der Waals surface area contributed by atoms with Gasteiger partial charge in [-0.05, 0) is 38.3 Å². The maximum atomic E-state index is 12.5. The number of anilines is 1. The molecule has 4 nitrogen and oxygen atoms in total. The number of para-hydroxylation sites is 1. The summed E-state index contributed by atoms with van der Waals surface area (Å²) in [5.41, 5.74) is 2.27. The molecular formula is C15H15NO3. The molecule has 98 valence electrons. The fraction of sp³-hybridized carbons (Fsp3) is 0.400. The SMILES string of the molecule is CC(=O)C1C(=O)c2cccc3c2N(C1=O)C(C)CC3. The second kappa shape index (κ2) is 4.02. The molecule has 4 heteroatoms. The summed E-state index contributed by atoms with van der Waals surface area (Å²) in [6.07, 6.45) is 1.73. The molecule has 3 rings (SSSR count). The van der Waals surface area contributed by atoms with E-state index in [4.69, 9.17) is 0 Å². The fourth-order valence-corrected chi connectivity index (χ4v) is 3.08. The average Bonchev–Trinajstić information content (AvgIpc) is 2.36. The summed E-state index contributed by atoms with van der Waals surface area (Å²) in [6.45, 7) is 3.27. The van der Waals surface area contributed by atoms with Gasteiger partial charge in [-0.15, -0.1) is 0 Å². The Morgan fingerprint density at radius 3 is 2.74 bits per heavy atom. The van der Waals surface area contributed by atoms with E-state index in [1.54, 1.807) is 11.0 Å². The van der Waals surface area contributed by atoms with Crippen molar-refractivity contribution in [3.63, 3.8) is 0 Å². The minimum atomic E-state index is -1.15. The number of ketones is 2. The number of nitrogens with zero attached hydrogens (tertiary/aromatic N) is 1. The number of Topliss-reactive ketones (excluding diaryl/α,β-unsaturated/α-hetero) is 2. The Hall–Kier alpha value is -1.97. The Morgan fingerprint density at radius 2 is 2.05 bits per heavy atom.